The highest BCUT2D eigenvalue weighted by atomic mass is 127. The fourth-order valence-corrected chi connectivity index (χ4v) is 3.56. The van der Waals surface area contributed by atoms with Crippen LogP contribution in [0.25, 0.3) is 0 Å². The van der Waals surface area contributed by atoms with E-state index in [4.69, 9.17) is 9.73 Å². The molecule has 1 saturated heterocycles. The van der Waals surface area contributed by atoms with Gasteiger partial charge in [0.25, 0.3) is 5.91 Å². The van der Waals surface area contributed by atoms with Crippen LogP contribution in [-0.2, 0) is 21.5 Å². The highest BCUT2D eigenvalue weighted by Gasteiger charge is 2.23. The van der Waals surface area contributed by atoms with E-state index in [0.717, 1.165) is 43.1 Å². The van der Waals surface area contributed by atoms with Crippen LogP contribution in [0.2, 0.25) is 0 Å². The molecule has 0 aromatic heterocycles. The smallest absolute Gasteiger partial charge is 0.253 e. The predicted molar refractivity (Wildman–Crippen MR) is 142 cm³/mol. The van der Waals surface area contributed by atoms with Crippen LogP contribution in [0.3, 0.4) is 0 Å². The Morgan fingerprint density at radius 2 is 1.91 bits per heavy atom. The van der Waals surface area contributed by atoms with Crippen molar-refractivity contribution in [1.29, 1.82) is 0 Å². The molecule has 7 heteroatoms. The number of benzene rings is 2. The summed E-state index contributed by atoms with van der Waals surface area (Å²) in [5, 5.41) is 9.74. The van der Waals surface area contributed by atoms with E-state index < -0.39 is 0 Å². The number of rotatable bonds is 8. The zero-order valence-corrected chi connectivity index (χ0v) is 21.5. The number of nitrogens with zero attached hydrogens (tertiary/aromatic N) is 1. The third-order valence-corrected chi connectivity index (χ3v) is 5.43. The van der Waals surface area contributed by atoms with Crippen molar-refractivity contribution in [2.45, 2.75) is 51.7 Å². The van der Waals surface area contributed by atoms with Crippen LogP contribution in [0.15, 0.2) is 59.6 Å². The molecule has 2 aromatic carbocycles. The summed E-state index contributed by atoms with van der Waals surface area (Å²) in [6, 6.07) is 18.3. The quantitative estimate of drug-likeness (QED) is 0.258. The lowest BCUT2D eigenvalue weighted by molar-refractivity contribution is -0.124. The summed E-state index contributed by atoms with van der Waals surface area (Å²) in [5.41, 5.74) is 3.07. The van der Waals surface area contributed by atoms with E-state index in [9.17, 15) is 4.79 Å². The van der Waals surface area contributed by atoms with Crippen molar-refractivity contribution < 1.29 is 9.53 Å². The lowest BCUT2D eigenvalue weighted by Crippen LogP contribution is -2.43. The molecule has 6 nitrogen and oxygen atoms in total. The van der Waals surface area contributed by atoms with Gasteiger partial charge in [0, 0.05) is 30.8 Å². The molecule has 0 spiro atoms. The molecular weight excluding hydrogens is 515 g/mol. The second-order valence-electron chi connectivity index (χ2n) is 8.49. The standard InChI is InChI=1S/C25H34N4O2.HI/c1-4-26-24(28-18-25(2,3)20-11-6-5-7-12-20)27-17-19-10-8-13-21(16-19)29-23(30)22-14-9-15-31-22;/h5-8,10-13,16,22H,4,9,14-15,17-18H2,1-3H3,(H,29,30)(H2,26,27,28);1H. The van der Waals surface area contributed by atoms with E-state index in [1.165, 1.54) is 5.56 Å². The van der Waals surface area contributed by atoms with Crippen LogP contribution in [-0.4, -0.2) is 37.7 Å². The number of halogens is 1. The van der Waals surface area contributed by atoms with Gasteiger partial charge in [-0.25, -0.2) is 4.99 Å². The fraction of sp³-hybridized carbons (Fsp3) is 0.440. The first kappa shape index (κ1) is 26.1. The lowest BCUT2D eigenvalue weighted by Gasteiger charge is -2.26. The summed E-state index contributed by atoms with van der Waals surface area (Å²) in [4.78, 5) is 17.0. The number of hydrogen-bond acceptors (Lipinski definition) is 3. The highest BCUT2D eigenvalue weighted by Crippen LogP contribution is 2.21. The number of carbonyl (C=O) groups excluding carboxylic acids is 1. The molecule has 3 N–H and O–H groups in total. The van der Waals surface area contributed by atoms with E-state index in [0.29, 0.717) is 13.2 Å². The molecule has 1 aliphatic heterocycles. The molecule has 0 bridgehead atoms. The minimum Gasteiger partial charge on any atom is -0.368 e. The molecule has 1 amide bonds. The molecular formula is C25H35IN4O2. The van der Waals surface area contributed by atoms with Gasteiger partial charge in [0.2, 0.25) is 0 Å². The number of ether oxygens (including phenoxy) is 1. The van der Waals surface area contributed by atoms with Crippen molar-refractivity contribution in [2.24, 2.45) is 4.99 Å². The largest absolute Gasteiger partial charge is 0.368 e. The SMILES string of the molecule is CCNC(=NCc1cccc(NC(=O)C2CCCO2)c1)NCC(C)(C)c1ccccc1.I. The second kappa shape index (κ2) is 12.8. The van der Waals surface area contributed by atoms with Gasteiger partial charge < -0.3 is 20.7 Å². The maximum Gasteiger partial charge on any atom is 0.253 e. The molecule has 2 aromatic rings. The number of nitrogens with one attached hydrogen (secondary N) is 3. The predicted octanol–water partition coefficient (Wildman–Crippen LogP) is 4.46. The van der Waals surface area contributed by atoms with Gasteiger partial charge in [-0.2, -0.15) is 0 Å². The van der Waals surface area contributed by atoms with Crippen molar-refractivity contribution in [3.63, 3.8) is 0 Å². The molecule has 1 fully saturated rings. The van der Waals surface area contributed by atoms with Crippen molar-refractivity contribution in [1.82, 2.24) is 10.6 Å². The van der Waals surface area contributed by atoms with Crippen molar-refractivity contribution >= 4 is 41.5 Å². The molecule has 0 saturated carbocycles. The van der Waals surface area contributed by atoms with E-state index in [1.807, 2.05) is 30.3 Å². The third-order valence-electron chi connectivity index (χ3n) is 5.43. The van der Waals surface area contributed by atoms with Gasteiger partial charge in [-0.15, -0.1) is 24.0 Å². The Hall–Kier alpha value is -2.13. The van der Waals surface area contributed by atoms with Crippen molar-refractivity contribution in [3.05, 3.63) is 65.7 Å². The topological polar surface area (TPSA) is 74.8 Å². The number of amides is 1. The average Bonchev–Trinajstić information content (AvgIpc) is 3.32. The minimum absolute atomic E-state index is 0. The number of anilines is 1. The maximum atomic E-state index is 12.3. The van der Waals surface area contributed by atoms with Gasteiger partial charge in [0.15, 0.2) is 5.96 Å². The Kier molecular flexibility index (Phi) is 10.4. The van der Waals surface area contributed by atoms with E-state index >= 15 is 0 Å². The molecule has 1 heterocycles. The van der Waals surface area contributed by atoms with Gasteiger partial charge in [0.05, 0.1) is 6.54 Å². The summed E-state index contributed by atoms with van der Waals surface area (Å²) >= 11 is 0. The van der Waals surface area contributed by atoms with Gasteiger partial charge in [-0.05, 0) is 43.0 Å². The van der Waals surface area contributed by atoms with Gasteiger partial charge in [-0.3, -0.25) is 4.79 Å². The highest BCUT2D eigenvalue weighted by molar-refractivity contribution is 14.0. The Morgan fingerprint density at radius 1 is 1.12 bits per heavy atom. The first-order valence-corrected chi connectivity index (χ1v) is 11.1. The summed E-state index contributed by atoms with van der Waals surface area (Å²) in [5.74, 6) is 0.705. The first-order valence-electron chi connectivity index (χ1n) is 11.1. The van der Waals surface area contributed by atoms with Crippen LogP contribution in [0.5, 0.6) is 0 Å². The summed E-state index contributed by atoms with van der Waals surface area (Å²) in [6.45, 7) is 9.23. The molecule has 174 valence electrons. The Morgan fingerprint density at radius 3 is 2.59 bits per heavy atom. The Labute approximate surface area is 208 Å². The number of guanidine groups is 1. The van der Waals surface area contributed by atoms with Crippen LogP contribution in [0.1, 0.15) is 44.7 Å². The van der Waals surface area contributed by atoms with Crippen LogP contribution in [0.4, 0.5) is 5.69 Å². The number of carbonyl (C=O) groups is 1. The van der Waals surface area contributed by atoms with E-state index in [1.54, 1.807) is 0 Å². The van der Waals surface area contributed by atoms with Crippen LogP contribution in [0, 0.1) is 0 Å². The summed E-state index contributed by atoms with van der Waals surface area (Å²) in [6.07, 6.45) is 1.39. The summed E-state index contributed by atoms with van der Waals surface area (Å²) in [7, 11) is 0. The first-order chi connectivity index (χ1) is 15.0. The second-order valence-corrected chi connectivity index (χ2v) is 8.49. The zero-order chi connectivity index (χ0) is 22.1. The average molecular weight is 550 g/mol. The zero-order valence-electron chi connectivity index (χ0n) is 19.2. The molecule has 3 rings (SSSR count). The van der Waals surface area contributed by atoms with Crippen LogP contribution < -0.4 is 16.0 Å². The molecule has 1 atom stereocenters. The Bertz CT molecular complexity index is 881. The lowest BCUT2D eigenvalue weighted by atomic mass is 9.85. The van der Waals surface area contributed by atoms with Gasteiger partial charge >= 0.3 is 0 Å². The number of aliphatic imine (C=N–C) groups is 1. The molecule has 0 aliphatic carbocycles. The minimum atomic E-state index is -0.334. The molecule has 1 unspecified atom stereocenters. The molecule has 32 heavy (non-hydrogen) atoms. The third kappa shape index (κ3) is 7.78. The van der Waals surface area contributed by atoms with Crippen molar-refractivity contribution in [3.8, 4) is 0 Å². The summed E-state index contributed by atoms with van der Waals surface area (Å²) < 4.78 is 5.46. The Balaban J connectivity index is 0.00000363. The van der Waals surface area contributed by atoms with Gasteiger partial charge in [-0.1, -0.05) is 56.3 Å². The van der Waals surface area contributed by atoms with E-state index in [2.05, 4.69) is 61.0 Å². The maximum absolute atomic E-state index is 12.3. The van der Waals surface area contributed by atoms with Crippen molar-refractivity contribution in [2.75, 3.05) is 25.0 Å². The van der Waals surface area contributed by atoms with Gasteiger partial charge in [0.1, 0.15) is 6.10 Å². The monoisotopic (exact) mass is 550 g/mol. The fourth-order valence-electron chi connectivity index (χ4n) is 3.56. The van der Waals surface area contributed by atoms with Crippen LogP contribution >= 0.6 is 24.0 Å². The number of hydrogen-bond donors (Lipinski definition) is 3. The normalized spacial score (nSPS) is 16.2. The van der Waals surface area contributed by atoms with E-state index in [-0.39, 0.29) is 41.4 Å². The molecule has 0 radical (unpaired) electrons. The molecule has 1 aliphatic rings.